The standard InChI is InChI=1S/C12H17F3N2O3/c1-11(2-3-11)6-16-10(20)17-4-7(9(18)19)8(5-17)12(13,14)15/h7-8H,2-6H2,1H3,(H,16,20)(H,18,19)/t7-,8-/m1/s1. The molecule has 0 aromatic heterocycles. The molecule has 0 aromatic rings. The third kappa shape index (κ3) is 3.16. The maximum absolute atomic E-state index is 12.8. The van der Waals surface area contributed by atoms with Crippen molar-refractivity contribution in [1.29, 1.82) is 0 Å². The first kappa shape index (κ1) is 14.9. The van der Waals surface area contributed by atoms with Crippen LogP contribution in [0.2, 0.25) is 0 Å². The van der Waals surface area contributed by atoms with Crippen molar-refractivity contribution in [3.05, 3.63) is 0 Å². The van der Waals surface area contributed by atoms with E-state index in [2.05, 4.69) is 5.32 Å². The second-order valence-corrected chi connectivity index (χ2v) is 5.97. The zero-order valence-electron chi connectivity index (χ0n) is 11.0. The molecule has 1 heterocycles. The van der Waals surface area contributed by atoms with E-state index < -0.39 is 43.1 Å². The van der Waals surface area contributed by atoms with Gasteiger partial charge in [-0.25, -0.2) is 4.79 Å². The van der Waals surface area contributed by atoms with E-state index >= 15 is 0 Å². The highest BCUT2D eigenvalue weighted by atomic mass is 19.4. The number of nitrogens with one attached hydrogen (secondary N) is 1. The largest absolute Gasteiger partial charge is 0.481 e. The molecule has 2 N–H and O–H groups in total. The topological polar surface area (TPSA) is 69.6 Å². The summed E-state index contributed by atoms with van der Waals surface area (Å²) in [6.45, 7) is 1.40. The van der Waals surface area contributed by atoms with Crippen LogP contribution in [0.5, 0.6) is 0 Å². The number of alkyl halides is 3. The van der Waals surface area contributed by atoms with Crippen LogP contribution >= 0.6 is 0 Å². The Morgan fingerprint density at radius 3 is 2.35 bits per heavy atom. The van der Waals surface area contributed by atoms with Crippen LogP contribution in [-0.2, 0) is 4.79 Å². The Labute approximate surface area is 114 Å². The zero-order chi connectivity index (χ0) is 15.1. The van der Waals surface area contributed by atoms with Crippen LogP contribution in [0.4, 0.5) is 18.0 Å². The Bertz CT molecular complexity index is 421. The summed E-state index contributed by atoms with van der Waals surface area (Å²) >= 11 is 0. The molecule has 114 valence electrons. The van der Waals surface area contributed by atoms with Crippen LogP contribution in [0.15, 0.2) is 0 Å². The minimum atomic E-state index is -4.61. The summed E-state index contributed by atoms with van der Waals surface area (Å²) in [5, 5.41) is 11.4. The van der Waals surface area contributed by atoms with Crippen molar-refractivity contribution in [2.24, 2.45) is 17.3 Å². The highest BCUT2D eigenvalue weighted by molar-refractivity contribution is 5.77. The maximum atomic E-state index is 12.8. The van der Waals surface area contributed by atoms with E-state index in [9.17, 15) is 22.8 Å². The number of nitrogens with zero attached hydrogens (tertiary/aromatic N) is 1. The first-order chi connectivity index (χ1) is 9.12. The number of halogens is 3. The van der Waals surface area contributed by atoms with Gasteiger partial charge in [-0.1, -0.05) is 6.92 Å². The van der Waals surface area contributed by atoms with Crippen LogP contribution < -0.4 is 5.32 Å². The van der Waals surface area contributed by atoms with Gasteiger partial charge in [0.15, 0.2) is 0 Å². The summed E-state index contributed by atoms with van der Waals surface area (Å²) in [4.78, 5) is 23.7. The van der Waals surface area contributed by atoms with E-state index in [1.165, 1.54) is 0 Å². The molecule has 2 amide bonds. The predicted molar refractivity (Wildman–Crippen MR) is 63.0 cm³/mol. The normalized spacial score (nSPS) is 28.3. The van der Waals surface area contributed by atoms with E-state index in [1.54, 1.807) is 0 Å². The predicted octanol–water partition coefficient (Wildman–Crippen LogP) is 1.69. The van der Waals surface area contributed by atoms with Crippen LogP contribution in [0.1, 0.15) is 19.8 Å². The summed E-state index contributed by atoms with van der Waals surface area (Å²) in [6, 6.07) is -0.615. The van der Waals surface area contributed by atoms with Crippen molar-refractivity contribution < 1.29 is 27.9 Å². The number of likely N-dealkylation sites (tertiary alicyclic amines) is 1. The number of hydrogen-bond donors (Lipinski definition) is 2. The Hall–Kier alpha value is -1.47. The molecule has 0 spiro atoms. The summed E-state index contributed by atoms with van der Waals surface area (Å²) in [5.41, 5.74) is 0.0466. The molecule has 2 fully saturated rings. The first-order valence-electron chi connectivity index (χ1n) is 6.45. The summed E-state index contributed by atoms with van der Waals surface area (Å²) in [7, 11) is 0. The van der Waals surface area contributed by atoms with Gasteiger partial charge in [0.1, 0.15) is 0 Å². The molecule has 0 aromatic carbocycles. The van der Waals surface area contributed by atoms with Crippen LogP contribution in [0.3, 0.4) is 0 Å². The molecule has 20 heavy (non-hydrogen) atoms. The van der Waals surface area contributed by atoms with Crippen molar-refractivity contribution in [3.8, 4) is 0 Å². The van der Waals surface area contributed by atoms with E-state index in [0.29, 0.717) is 6.54 Å². The van der Waals surface area contributed by atoms with Crippen molar-refractivity contribution >= 4 is 12.0 Å². The lowest BCUT2D eigenvalue weighted by atomic mass is 9.96. The third-order valence-electron chi connectivity index (χ3n) is 4.11. The van der Waals surface area contributed by atoms with E-state index in [4.69, 9.17) is 5.11 Å². The van der Waals surface area contributed by atoms with Gasteiger partial charge in [0.25, 0.3) is 0 Å². The van der Waals surface area contributed by atoms with Crippen molar-refractivity contribution in [2.75, 3.05) is 19.6 Å². The SMILES string of the molecule is CC1(CNC(=O)N2C[C@@H](C(F)(F)F)[C@H](C(=O)O)C2)CC1. The molecule has 0 radical (unpaired) electrons. The fraction of sp³-hybridized carbons (Fsp3) is 0.833. The van der Waals surface area contributed by atoms with Crippen LogP contribution in [0.25, 0.3) is 0 Å². The third-order valence-corrected chi connectivity index (χ3v) is 4.11. The maximum Gasteiger partial charge on any atom is 0.394 e. The van der Waals surface area contributed by atoms with Crippen LogP contribution in [0, 0.1) is 17.3 Å². The van der Waals surface area contributed by atoms with Crippen molar-refractivity contribution in [3.63, 3.8) is 0 Å². The highest BCUT2D eigenvalue weighted by Gasteiger charge is 2.53. The number of aliphatic carboxylic acids is 1. The van der Waals surface area contributed by atoms with Crippen molar-refractivity contribution in [1.82, 2.24) is 10.2 Å². The van der Waals surface area contributed by atoms with Gasteiger partial charge in [0.05, 0.1) is 11.8 Å². The number of carbonyl (C=O) groups excluding carboxylic acids is 1. The lowest BCUT2D eigenvalue weighted by Crippen LogP contribution is -2.41. The fourth-order valence-electron chi connectivity index (χ4n) is 2.34. The van der Waals surface area contributed by atoms with Gasteiger partial charge in [-0.05, 0) is 18.3 Å². The van der Waals surface area contributed by atoms with Gasteiger partial charge in [-0.15, -0.1) is 0 Å². The summed E-state index contributed by atoms with van der Waals surface area (Å²) < 4.78 is 38.3. The lowest BCUT2D eigenvalue weighted by Gasteiger charge is -2.19. The number of urea groups is 1. The second-order valence-electron chi connectivity index (χ2n) is 5.97. The first-order valence-corrected chi connectivity index (χ1v) is 6.45. The summed E-state index contributed by atoms with van der Waals surface area (Å²) in [5.74, 6) is -5.10. The highest BCUT2D eigenvalue weighted by Crippen LogP contribution is 2.44. The lowest BCUT2D eigenvalue weighted by molar-refractivity contribution is -0.187. The van der Waals surface area contributed by atoms with Crippen LogP contribution in [-0.4, -0.2) is 47.8 Å². The van der Waals surface area contributed by atoms with Gasteiger partial charge < -0.3 is 15.3 Å². The molecule has 0 unspecified atom stereocenters. The van der Waals surface area contributed by atoms with Gasteiger partial charge in [0.2, 0.25) is 0 Å². The minimum absolute atomic E-state index is 0.0466. The summed E-state index contributed by atoms with van der Waals surface area (Å²) in [6.07, 6.45) is -2.65. The molecule has 1 aliphatic carbocycles. The molecule has 2 atom stereocenters. The zero-order valence-corrected chi connectivity index (χ0v) is 11.0. The van der Waals surface area contributed by atoms with E-state index in [-0.39, 0.29) is 5.41 Å². The second kappa shape index (κ2) is 4.82. The number of rotatable bonds is 3. The Morgan fingerprint density at radius 2 is 1.95 bits per heavy atom. The minimum Gasteiger partial charge on any atom is -0.481 e. The molecule has 5 nitrogen and oxygen atoms in total. The van der Waals surface area contributed by atoms with Gasteiger partial charge in [0, 0.05) is 19.6 Å². The molecule has 1 aliphatic heterocycles. The molecular formula is C12H17F3N2O3. The van der Waals surface area contributed by atoms with E-state index in [1.807, 2.05) is 6.92 Å². The monoisotopic (exact) mass is 294 g/mol. The fourth-order valence-corrected chi connectivity index (χ4v) is 2.34. The number of hydrogen-bond acceptors (Lipinski definition) is 2. The average Bonchev–Trinajstić information content (AvgIpc) is 2.90. The average molecular weight is 294 g/mol. The number of amides is 2. The van der Waals surface area contributed by atoms with Gasteiger partial charge in [-0.2, -0.15) is 13.2 Å². The number of carboxylic acid groups (broad SMARTS) is 1. The van der Waals surface area contributed by atoms with E-state index in [0.717, 1.165) is 17.7 Å². The van der Waals surface area contributed by atoms with Crippen molar-refractivity contribution in [2.45, 2.75) is 25.9 Å². The molecule has 8 heteroatoms. The molecule has 1 saturated carbocycles. The molecular weight excluding hydrogens is 277 g/mol. The smallest absolute Gasteiger partial charge is 0.394 e. The molecule has 0 bridgehead atoms. The number of carbonyl (C=O) groups is 2. The Balaban J connectivity index is 1.96. The Kier molecular flexibility index (Phi) is 3.60. The molecule has 1 saturated heterocycles. The van der Waals surface area contributed by atoms with Gasteiger partial charge in [-0.3, -0.25) is 4.79 Å². The quantitative estimate of drug-likeness (QED) is 0.832. The Morgan fingerprint density at radius 1 is 1.35 bits per heavy atom. The molecule has 2 aliphatic rings. The van der Waals surface area contributed by atoms with Gasteiger partial charge >= 0.3 is 18.2 Å². The number of carboxylic acids is 1. The molecule has 2 rings (SSSR count).